The number of hydrogen-bond acceptors (Lipinski definition) is 4. The average Bonchev–Trinajstić information content (AvgIpc) is 3.43. The van der Waals surface area contributed by atoms with Crippen molar-refractivity contribution in [1.82, 2.24) is 15.1 Å². The summed E-state index contributed by atoms with van der Waals surface area (Å²) in [4.78, 5) is 31.5. The number of amides is 2. The third-order valence-electron chi connectivity index (χ3n) is 11.2. The number of likely N-dealkylation sites (tertiary alicyclic amines) is 1. The summed E-state index contributed by atoms with van der Waals surface area (Å²) in [6.45, 7) is 5.39. The van der Waals surface area contributed by atoms with Crippen LogP contribution in [0.25, 0.3) is 0 Å². The van der Waals surface area contributed by atoms with Crippen LogP contribution in [0.2, 0.25) is 0 Å². The van der Waals surface area contributed by atoms with E-state index in [9.17, 15) is 14.0 Å². The number of piperidine rings is 1. The van der Waals surface area contributed by atoms with Gasteiger partial charge in [-0.25, -0.2) is 4.39 Å². The number of rotatable bonds is 6. The smallest absolute Gasteiger partial charge is 0.253 e. The van der Waals surface area contributed by atoms with Gasteiger partial charge in [0.2, 0.25) is 0 Å². The van der Waals surface area contributed by atoms with Crippen LogP contribution in [0.4, 0.5) is 4.39 Å². The van der Waals surface area contributed by atoms with E-state index in [1.807, 2.05) is 55.1 Å². The lowest BCUT2D eigenvalue weighted by atomic mass is 9.61. The second kappa shape index (κ2) is 12.2. The van der Waals surface area contributed by atoms with Crippen LogP contribution in [0.5, 0.6) is 5.75 Å². The molecule has 6 rings (SSSR count). The summed E-state index contributed by atoms with van der Waals surface area (Å²) >= 11 is 0. The Morgan fingerprint density at radius 3 is 2.16 bits per heavy atom. The molecule has 1 heterocycles. The predicted octanol–water partition coefficient (Wildman–Crippen LogP) is 7.12. The van der Waals surface area contributed by atoms with E-state index < -0.39 is 0 Å². The van der Waals surface area contributed by atoms with Gasteiger partial charge in [-0.15, -0.1) is 0 Å². The molecule has 1 saturated heterocycles. The number of nitrogens with one attached hydrogen (secondary N) is 1. The van der Waals surface area contributed by atoms with E-state index in [1.165, 1.54) is 11.1 Å². The minimum atomic E-state index is -0.195. The number of methoxy groups -OCH3 is 1. The standard InChI is InChI=1S/C38H46FN3O3/c1-25-22-31(45-5)23-26(2)34(25)35(43)40-33-13-8-27-6-7-28(24-32(27)33)36(44)42-20-18-37(19-21-42)14-16-38(17-15-37,41(3)4)29-9-11-30(39)12-10-29/h6-7,9-12,22-24,33H,8,13-21H2,1-5H3,(H,40,43). The number of aryl methyl sites for hydroxylation is 3. The molecule has 1 atom stereocenters. The van der Waals surface area contributed by atoms with Gasteiger partial charge in [0.05, 0.1) is 13.2 Å². The number of nitrogens with zero attached hydrogens (tertiary/aromatic N) is 2. The van der Waals surface area contributed by atoms with E-state index in [1.54, 1.807) is 19.2 Å². The lowest BCUT2D eigenvalue weighted by Crippen LogP contribution is -2.50. The summed E-state index contributed by atoms with van der Waals surface area (Å²) in [5, 5.41) is 3.26. The zero-order valence-corrected chi connectivity index (χ0v) is 27.3. The molecule has 0 radical (unpaired) electrons. The highest BCUT2D eigenvalue weighted by Crippen LogP contribution is 2.52. The third kappa shape index (κ3) is 5.87. The molecule has 2 fully saturated rings. The Balaban J connectivity index is 1.10. The number of carbonyl (C=O) groups excluding carboxylic acids is 2. The molecule has 3 aromatic carbocycles. The van der Waals surface area contributed by atoms with Crippen molar-refractivity contribution in [2.75, 3.05) is 34.3 Å². The van der Waals surface area contributed by atoms with Gasteiger partial charge < -0.3 is 15.0 Å². The van der Waals surface area contributed by atoms with Gasteiger partial charge in [-0.3, -0.25) is 14.5 Å². The molecule has 1 saturated carbocycles. The fraction of sp³-hybridized carbons (Fsp3) is 0.474. The first-order valence-electron chi connectivity index (χ1n) is 16.4. The number of fused-ring (bicyclic) bond motifs is 1. The maximum absolute atomic E-state index is 13.8. The molecule has 1 aliphatic heterocycles. The van der Waals surface area contributed by atoms with E-state index >= 15 is 0 Å². The fourth-order valence-electron chi connectivity index (χ4n) is 8.33. The second-order valence-electron chi connectivity index (χ2n) is 13.8. The summed E-state index contributed by atoms with van der Waals surface area (Å²) in [6.07, 6.45) is 8.02. The maximum atomic E-state index is 13.8. The highest BCUT2D eigenvalue weighted by atomic mass is 19.1. The first kappa shape index (κ1) is 31.3. The first-order chi connectivity index (χ1) is 21.5. The molecule has 2 amide bonds. The topological polar surface area (TPSA) is 61.9 Å². The maximum Gasteiger partial charge on any atom is 0.253 e. The Kier molecular flexibility index (Phi) is 8.51. The molecule has 45 heavy (non-hydrogen) atoms. The Morgan fingerprint density at radius 2 is 1.56 bits per heavy atom. The van der Waals surface area contributed by atoms with Crippen LogP contribution in [-0.2, 0) is 12.0 Å². The van der Waals surface area contributed by atoms with Crippen LogP contribution in [-0.4, -0.2) is 55.9 Å². The lowest BCUT2D eigenvalue weighted by molar-refractivity contribution is -0.000342. The molecule has 0 bridgehead atoms. The van der Waals surface area contributed by atoms with Crippen molar-refractivity contribution >= 4 is 11.8 Å². The minimum Gasteiger partial charge on any atom is -0.497 e. The molecular formula is C38H46FN3O3. The number of ether oxygens (including phenoxy) is 1. The van der Waals surface area contributed by atoms with Crippen molar-refractivity contribution in [3.8, 4) is 5.75 Å². The zero-order valence-electron chi connectivity index (χ0n) is 27.3. The normalized spacial score (nSPS) is 20.2. The second-order valence-corrected chi connectivity index (χ2v) is 13.8. The number of hydrogen-bond donors (Lipinski definition) is 1. The van der Waals surface area contributed by atoms with E-state index in [4.69, 9.17) is 4.74 Å². The minimum absolute atomic E-state index is 0.0763. The molecule has 1 spiro atoms. The molecule has 0 aromatic heterocycles. The van der Waals surface area contributed by atoms with Gasteiger partial charge in [0.25, 0.3) is 11.8 Å². The number of carbonyl (C=O) groups is 2. The average molecular weight is 612 g/mol. The van der Waals surface area contributed by atoms with E-state index in [0.717, 1.165) is 86.9 Å². The molecule has 7 heteroatoms. The summed E-state index contributed by atoms with van der Waals surface area (Å²) in [7, 11) is 5.90. The Morgan fingerprint density at radius 1 is 0.911 bits per heavy atom. The van der Waals surface area contributed by atoms with Crippen LogP contribution in [0.3, 0.4) is 0 Å². The van der Waals surface area contributed by atoms with Gasteiger partial charge in [0.1, 0.15) is 11.6 Å². The van der Waals surface area contributed by atoms with Crippen LogP contribution >= 0.6 is 0 Å². The summed E-state index contributed by atoms with van der Waals surface area (Å²) in [6, 6.07) is 16.8. The third-order valence-corrected chi connectivity index (χ3v) is 11.2. The van der Waals surface area contributed by atoms with Crippen molar-refractivity contribution in [1.29, 1.82) is 0 Å². The molecule has 3 aromatic rings. The van der Waals surface area contributed by atoms with Gasteiger partial charge in [-0.05, 0) is 149 Å². The van der Waals surface area contributed by atoms with E-state index in [0.29, 0.717) is 11.1 Å². The summed E-state index contributed by atoms with van der Waals surface area (Å²) in [5.41, 5.74) is 6.78. The molecule has 238 valence electrons. The Hall–Kier alpha value is -3.71. The van der Waals surface area contributed by atoms with Crippen molar-refractivity contribution in [2.45, 2.75) is 76.8 Å². The Bertz CT molecular complexity index is 1560. The molecular weight excluding hydrogens is 565 g/mol. The van der Waals surface area contributed by atoms with Crippen molar-refractivity contribution in [3.05, 3.63) is 99.4 Å². The quantitative estimate of drug-likeness (QED) is 0.323. The van der Waals surface area contributed by atoms with Gasteiger partial charge >= 0.3 is 0 Å². The summed E-state index contributed by atoms with van der Waals surface area (Å²) < 4.78 is 19.0. The Labute approximate surface area is 266 Å². The summed E-state index contributed by atoms with van der Waals surface area (Å²) in [5.74, 6) is 0.541. The van der Waals surface area contributed by atoms with Crippen molar-refractivity contribution in [2.24, 2.45) is 5.41 Å². The van der Waals surface area contributed by atoms with Crippen LogP contribution in [0, 0.1) is 25.1 Å². The molecule has 6 nitrogen and oxygen atoms in total. The monoisotopic (exact) mass is 611 g/mol. The van der Waals surface area contributed by atoms with E-state index in [-0.39, 0.29) is 34.6 Å². The molecule has 1 N–H and O–H groups in total. The lowest BCUT2D eigenvalue weighted by Gasteiger charge is -2.52. The largest absolute Gasteiger partial charge is 0.497 e. The van der Waals surface area contributed by atoms with Gasteiger partial charge in [-0.2, -0.15) is 0 Å². The number of halogens is 1. The molecule has 3 aliphatic rings. The van der Waals surface area contributed by atoms with Crippen molar-refractivity contribution < 1.29 is 18.7 Å². The number of benzene rings is 3. The van der Waals surface area contributed by atoms with Gasteiger partial charge in [0, 0.05) is 29.8 Å². The van der Waals surface area contributed by atoms with Crippen LogP contribution < -0.4 is 10.1 Å². The van der Waals surface area contributed by atoms with Gasteiger partial charge in [0.15, 0.2) is 0 Å². The van der Waals surface area contributed by atoms with Crippen LogP contribution in [0.15, 0.2) is 54.6 Å². The highest BCUT2D eigenvalue weighted by molar-refractivity contribution is 5.98. The van der Waals surface area contributed by atoms with Gasteiger partial charge in [-0.1, -0.05) is 18.2 Å². The fourth-order valence-corrected chi connectivity index (χ4v) is 8.33. The zero-order chi connectivity index (χ0) is 31.9. The predicted molar refractivity (Wildman–Crippen MR) is 175 cm³/mol. The van der Waals surface area contributed by atoms with Crippen LogP contribution in [0.1, 0.15) is 99.5 Å². The highest BCUT2D eigenvalue weighted by Gasteiger charge is 2.46. The van der Waals surface area contributed by atoms with Crippen molar-refractivity contribution in [3.63, 3.8) is 0 Å². The molecule has 1 unspecified atom stereocenters. The molecule has 2 aliphatic carbocycles. The van der Waals surface area contributed by atoms with E-state index in [2.05, 4.69) is 30.4 Å². The SMILES string of the molecule is COc1cc(C)c(C(=O)NC2CCc3ccc(C(=O)N4CCC5(CC4)CCC(c4ccc(F)cc4)(N(C)C)CC5)cc32)c(C)c1. The first-order valence-corrected chi connectivity index (χ1v) is 16.4.